The van der Waals surface area contributed by atoms with Gasteiger partial charge in [-0.3, -0.25) is 4.99 Å². The molecule has 0 aliphatic carbocycles. The molecule has 0 aliphatic heterocycles. The predicted octanol–water partition coefficient (Wildman–Crippen LogP) is 1.15. The van der Waals surface area contributed by atoms with Crippen LogP contribution in [-0.4, -0.2) is 22.3 Å². The van der Waals surface area contributed by atoms with Gasteiger partial charge in [0.15, 0.2) is 5.96 Å². The van der Waals surface area contributed by atoms with Gasteiger partial charge in [-0.25, -0.2) is 4.68 Å². The van der Waals surface area contributed by atoms with Crippen molar-refractivity contribution in [3.8, 4) is 11.8 Å². The molecule has 0 amide bonds. The maximum atomic E-state index is 9.25. The SMILES string of the molecule is I.N#Cc1c(CCCN=C(N)N)nn(-c2ccccc2)c1N. The summed E-state index contributed by atoms with van der Waals surface area (Å²) in [7, 11) is 0. The highest BCUT2D eigenvalue weighted by molar-refractivity contribution is 14.0. The Bertz CT molecular complexity index is 681. The molecule has 116 valence electrons. The minimum absolute atomic E-state index is 0. The first-order valence-corrected chi connectivity index (χ1v) is 6.51. The molecule has 0 spiro atoms. The van der Waals surface area contributed by atoms with Gasteiger partial charge in [0.25, 0.3) is 0 Å². The minimum Gasteiger partial charge on any atom is -0.382 e. The highest BCUT2D eigenvalue weighted by atomic mass is 127. The van der Waals surface area contributed by atoms with E-state index in [0.29, 0.717) is 36.5 Å². The van der Waals surface area contributed by atoms with Gasteiger partial charge in [0.05, 0.1) is 11.4 Å². The van der Waals surface area contributed by atoms with Crippen LogP contribution >= 0.6 is 24.0 Å². The first-order chi connectivity index (χ1) is 10.1. The third-order valence-electron chi connectivity index (χ3n) is 2.97. The smallest absolute Gasteiger partial charge is 0.185 e. The molecule has 1 aromatic heterocycles. The van der Waals surface area contributed by atoms with Crippen LogP contribution < -0.4 is 17.2 Å². The summed E-state index contributed by atoms with van der Waals surface area (Å²) in [6.45, 7) is 0.491. The van der Waals surface area contributed by atoms with Crippen LogP contribution in [0.1, 0.15) is 17.7 Å². The molecule has 22 heavy (non-hydrogen) atoms. The molecule has 2 rings (SSSR count). The van der Waals surface area contributed by atoms with Gasteiger partial charge in [-0.2, -0.15) is 10.4 Å². The average molecular weight is 411 g/mol. The maximum Gasteiger partial charge on any atom is 0.185 e. The van der Waals surface area contributed by atoms with Crippen molar-refractivity contribution in [1.29, 1.82) is 5.26 Å². The molecule has 0 saturated carbocycles. The number of aryl methyl sites for hydroxylation is 1. The van der Waals surface area contributed by atoms with Crippen LogP contribution in [0.3, 0.4) is 0 Å². The van der Waals surface area contributed by atoms with Crippen LogP contribution in [-0.2, 0) is 6.42 Å². The van der Waals surface area contributed by atoms with Gasteiger partial charge in [-0.15, -0.1) is 24.0 Å². The minimum atomic E-state index is 0. The first kappa shape index (κ1) is 17.8. The van der Waals surface area contributed by atoms with Gasteiger partial charge in [-0.05, 0) is 25.0 Å². The zero-order chi connectivity index (χ0) is 15.2. The van der Waals surface area contributed by atoms with Crippen LogP contribution in [0.15, 0.2) is 35.3 Å². The van der Waals surface area contributed by atoms with E-state index in [9.17, 15) is 5.26 Å². The largest absolute Gasteiger partial charge is 0.382 e. The summed E-state index contributed by atoms with van der Waals surface area (Å²) in [4.78, 5) is 3.91. The molecule has 0 radical (unpaired) electrons. The fourth-order valence-corrected chi connectivity index (χ4v) is 2.00. The predicted molar refractivity (Wildman–Crippen MR) is 97.1 cm³/mol. The van der Waals surface area contributed by atoms with Crippen LogP contribution in [0.5, 0.6) is 0 Å². The number of hydrogen-bond acceptors (Lipinski definition) is 4. The Morgan fingerprint density at radius 3 is 2.55 bits per heavy atom. The number of aliphatic imine (C=N–C) groups is 1. The van der Waals surface area contributed by atoms with E-state index in [2.05, 4.69) is 16.2 Å². The Balaban J connectivity index is 0.00000242. The molecule has 7 nitrogen and oxygen atoms in total. The third kappa shape index (κ3) is 4.11. The fourth-order valence-electron chi connectivity index (χ4n) is 2.00. The first-order valence-electron chi connectivity index (χ1n) is 6.51. The highest BCUT2D eigenvalue weighted by Gasteiger charge is 2.15. The number of nitrogen functional groups attached to an aromatic ring is 1. The van der Waals surface area contributed by atoms with Crippen molar-refractivity contribution >= 4 is 35.8 Å². The number of halogens is 1. The van der Waals surface area contributed by atoms with Gasteiger partial charge in [0.2, 0.25) is 0 Å². The lowest BCUT2D eigenvalue weighted by atomic mass is 10.1. The number of para-hydroxylation sites is 1. The second-order valence-electron chi connectivity index (χ2n) is 4.48. The van der Waals surface area contributed by atoms with E-state index in [1.807, 2.05) is 30.3 Å². The number of nitrogens with zero attached hydrogens (tertiary/aromatic N) is 4. The van der Waals surface area contributed by atoms with E-state index in [1.54, 1.807) is 4.68 Å². The van der Waals surface area contributed by atoms with Crippen LogP contribution in [0.2, 0.25) is 0 Å². The van der Waals surface area contributed by atoms with Crippen molar-refractivity contribution in [2.45, 2.75) is 12.8 Å². The van der Waals surface area contributed by atoms with E-state index >= 15 is 0 Å². The van der Waals surface area contributed by atoms with Gasteiger partial charge < -0.3 is 17.2 Å². The monoisotopic (exact) mass is 411 g/mol. The molecular weight excluding hydrogens is 393 g/mol. The third-order valence-corrected chi connectivity index (χ3v) is 2.97. The van der Waals surface area contributed by atoms with Crippen molar-refractivity contribution < 1.29 is 0 Å². The second kappa shape index (κ2) is 8.23. The van der Waals surface area contributed by atoms with Crippen LogP contribution in [0.4, 0.5) is 5.82 Å². The van der Waals surface area contributed by atoms with Crippen molar-refractivity contribution in [3.63, 3.8) is 0 Å². The molecule has 8 heteroatoms. The molecule has 6 N–H and O–H groups in total. The number of aromatic nitrogens is 2. The Morgan fingerprint density at radius 2 is 1.95 bits per heavy atom. The van der Waals surface area contributed by atoms with E-state index < -0.39 is 0 Å². The molecule has 0 atom stereocenters. The average Bonchev–Trinajstić information content (AvgIpc) is 2.80. The Morgan fingerprint density at radius 1 is 1.27 bits per heavy atom. The summed E-state index contributed by atoms with van der Waals surface area (Å²) in [6, 6.07) is 11.6. The van der Waals surface area contributed by atoms with E-state index in [0.717, 1.165) is 5.69 Å². The molecule has 0 bridgehead atoms. The number of benzene rings is 1. The lowest BCUT2D eigenvalue weighted by Crippen LogP contribution is -2.23. The van der Waals surface area contributed by atoms with E-state index in [1.165, 1.54) is 0 Å². The van der Waals surface area contributed by atoms with Crippen molar-refractivity contribution in [2.24, 2.45) is 16.5 Å². The summed E-state index contributed by atoms with van der Waals surface area (Å²) in [5.41, 5.74) is 18.4. The highest BCUT2D eigenvalue weighted by Crippen LogP contribution is 2.21. The van der Waals surface area contributed by atoms with Crippen molar-refractivity contribution in [2.75, 3.05) is 12.3 Å². The van der Waals surface area contributed by atoms with Gasteiger partial charge in [0.1, 0.15) is 17.5 Å². The lowest BCUT2D eigenvalue weighted by Gasteiger charge is -2.02. The number of guanidine groups is 1. The van der Waals surface area contributed by atoms with Gasteiger partial charge in [-0.1, -0.05) is 18.2 Å². The Labute approximate surface area is 145 Å². The molecule has 1 aromatic carbocycles. The Hall–Kier alpha value is -2.28. The number of rotatable bonds is 5. The number of hydrogen-bond donors (Lipinski definition) is 3. The van der Waals surface area contributed by atoms with Crippen LogP contribution in [0.25, 0.3) is 5.69 Å². The number of nitriles is 1. The van der Waals surface area contributed by atoms with E-state index in [4.69, 9.17) is 17.2 Å². The molecular formula is C14H18IN7. The second-order valence-corrected chi connectivity index (χ2v) is 4.48. The molecule has 0 unspecified atom stereocenters. The van der Waals surface area contributed by atoms with Gasteiger partial charge >= 0.3 is 0 Å². The summed E-state index contributed by atoms with van der Waals surface area (Å²) < 4.78 is 1.58. The molecule has 0 fully saturated rings. The number of nitrogens with two attached hydrogens (primary N) is 3. The summed E-state index contributed by atoms with van der Waals surface area (Å²) in [6.07, 6.45) is 1.28. The summed E-state index contributed by atoms with van der Waals surface area (Å²) in [5.74, 6) is 0.408. The lowest BCUT2D eigenvalue weighted by molar-refractivity contribution is 0.776. The van der Waals surface area contributed by atoms with Crippen LogP contribution in [0, 0.1) is 11.3 Å². The summed E-state index contributed by atoms with van der Waals surface area (Å²) in [5, 5.41) is 13.7. The topological polar surface area (TPSA) is 132 Å². The fraction of sp³-hybridized carbons (Fsp3) is 0.214. The Kier molecular flexibility index (Phi) is 6.65. The molecule has 0 saturated heterocycles. The summed E-state index contributed by atoms with van der Waals surface area (Å²) >= 11 is 0. The molecule has 2 aromatic rings. The maximum absolute atomic E-state index is 9.25. The van der Waals surface area contributed by atoms with E-state index in [-0.39, 0.29) is 29.9 Å². The zero-order valence-electron chi connectivity index (χ0n) is 11.9. The van der Waals surface area contributed by atoms with Gasteiger partial charge in [0, 0.05) is 6.54 Å². The zero-order valence-corrected chi connectivity index (χ0v) is 14.3. The normalized spacial score (nSPS) is 9.59. The quantitative estimate of drug-likeness (QED) is 0.294. The van der Waals surface area contributed by atoms with Crippen molar-refractivity contribution in [1.82, 2.24) is 9.78 Å². The molecule has 1 heterocycles. The molecule has 0 aliphatic rings. The standard InChI is InChI=1S/C14H17N7.HI/c15-9-11-12(7-4-8-19-14(17)18)20-21(13(11)16)10-5-2-1-3-6-10;/h1-3,5-6H,4,7-8,16H2,(H4,17,18,19);1H. The van der Waals surface area contributed by atoms with Crippen molar-refractivity contribution in [3.05, 3.63) is 41.6 Å². The number of anilines is 1.